The van der Waals surface area contributed by atoms with Crippen molar-refractivity contribution in [2.24, 2.45) is 0 Å². The molecule has 0 saturated carbocycles. The molecule has 0 spiro atoms. The van der Waals surface area contributed by atoms with Gasteiger partial charge in [-0.2, -0.15) is 4.31 Å². The molecule has 1 fully saturated rings. The minimum atomic E-state index is -3.74. The summed E-state index contributed by atoms with van der Waals surface area (Å²) in [6, 6.07) is 14.6. The molecule has 2 aromatic carbocycles. The minimum Gasteiger partial charge on any atom is -0.339 e. The summed E-state index contributed by atoms with van der Waals surface area (Å²) in [6.07, 6.45) is 0. The number of amides is 1. The number of benzene rings is 2. The van der Waals surface area contributed by atoms with Crippen molar-refractivity contribution in [1.82, 2.24) is 9.21 Å². The molecule has 2 aromatic rings. The van der Waals surface area contributed by atoms with Crippen molar-refractivity contribution >= 4 is 27.7 Å². The fraction of sp³-hybridized carbons (Fsp3) is 0.278. The lowest BCUT2D eigenvalue weighted by atomic mass is 10.3. The van der Waals surface area contributed by atoms with Crippen LogP contribution < -0.4 is 0 Å². The third-order valence-electron chi connectivity index (χ3n) is 4.13. The van der Waals surface area contributed by atoms with Gasteiger partial charge < -0.3 is 4.90 Å². The van der Waals surface area contributed by atoms with E-state index in [1.165, 1.54) is 34.3 Å². The second-order valence-corrected chi connectivity index (χ2v) is 8.83. The lowest BCUT2D eigenvalue weighted by molar-refractivity contribution is -0.129. The number of hydrogen-bond donors (Lipinski definition) is 0. The molecule has 0 aliphatic carbocycles. The van der Waals surface area contributed by atoms with Gasteiger partial charge in [-0.25, -0.2) is 12.8 Å². The van der Waals surface area contributed by atoms with Crippen LogP contribution in [0.25, 0.3) is 0 Å². The highest BCUT2D eigenvalue weighted by molar-refractivity contribution is 8.00. The first kappa shape index (κ1) is 18.9. The van der Waals surface area contributed by atoms with Gasteiger partial charge >= 0.3 is 0 Å². The molecule has 1 aliphatic heterocycles. The minimum absolute atomic E-state index is 0.0124. The van der Waals surface area contributed by atoms with E-state index in [1.807, 2.05) is 30.3 Å². The summed E-state index contributed by atoms with van der Waals surface area (Å²) in [6.45, 7) is 1.09. The van der Waals surface area contributed by atoms with Gasteiger partial charge in [-0.1, -0.05) is 24.3 Å². The van der Waals surface area contributed by atoms with Gasteiger partial charge in [0.1, 0.15) is 5.82 Å². The zero-order chi connectivity index (χ0) is 18.6. The summed E-state index contributed by atoms with van der Waals surface area (Å²) in [4.78, 5) is 15.0. The van der Waals surface area contributed by atoms with Crippen molar-refractivity contribution in [3.8, 4) is 0 Å². The molecule has 26 heavy (non-hydrogen) atoms. The number of carbonyl (C=O) groups is 1. The van der Waals surface area contributed by atoms with E-state index in [-0.39, 0.29) is 23.9 Å². The molecule has 0 radical (unpaired) electrons. The average Bonchev–Trinajstić information content (AvgIpc) is 2.67. The molecule has 0 unspecified atom stereocenters. The SMILES string of the molecule is O=C(CSc1ccccc1)N1CCN(S(=O)(=O)c2cccc(F)c2)CC1. The molecule has 0 bridgehead atoms. The van der Waals surface area contributed by atoms with Gasteiger partial charge in [0.15, 0.2) is 0 Å². The highest BCUT2D eigenvalue weighted by atomic mass is 32.2. The summed E-state index contributed by atoms with van der Waals surface area (Å²) in [7, 11) is -3.74. The molecular formula is C18H19FN2O3S2. The number of thioether (sulfide) groups is 1. The van der Waals surface area contributed by atoms with Crippen molar-refractivity contribution in [3.05, 3.63) is 60.4 Å². The summed E-state index contributed by atoms with van der Waals surface area (Å²) >= 11 is 1.46. The van der Waals surface area contributed by atoms with Crippen LogP contribution in [0, 0.1) is 5.82 Å². The van der Waals surface area contributed by atoms with Gasteiger partial charge in [0.25, 0.3) is 0 Å². The second-order valence-electron chi connectivity index (χ2n) is 5.84. The quantitative estimate of drug-likeness (QED) is 0.731. The molecule has 0 atom stereocenters. The van der Waals surface area contributed by atoms with Crippen molar-refractivity contribution in [2.75, 3.05) is 31.9 Å². The lowest BCUT2D eigenvalue weighted by Gasteiger charge is -2.34. The van der Waals surface area contributed by atoms with Gasteiger partial charge in [-0.05, 0) is 30.3 Å². The maximum Gasteiger partial charge on any atom is 0.243 e. The van der Waals surface area contributed by atoms with E-state index in [1.54, 1.807) is 4.90 Å². The Labute approximate surface area is 156 Å². The predicted octanol–water partition coefficient (Wildman–Crippen LogP) is 2.45. The molecule has 5 nitrogen and oxygen atoms in total. The molecule has 1 aliphatic rings. The van der Waals surface area contributed by atoms with Crippen molar-refractivity contribution in [2.45, 2.75) is 9.79 Å². The Morgan fingerprint density at radius 2 is 1.69 bits per heavy atom. The topological polar surface area (TPSA) is 57.7 Å². The summed E-state index contributed by atoms with van der Waals surface area (Å²) in [5.41, 5.74) is 0. The molecule has 138 valence electrons. The maximum absolute atomic E-state index is 13.3. The van der Waals surface area contributed by atoms with Crippen LogP contribution in [0.2, 0.25) is 0 Å². The summed E-state index contributed by atoms with van der Waals surface area (Å²) in [5.74, 6) is -0.278. The van der Waals surface area contributed by atoms with Crippen molar-refractivity contribution in [3.63, 3.8) is 0 Å². The first-order valence-electron chi connectivity index (χ1n) is 8.18. The molecule has 0 N–H and O–H groups in total. The van der Waals surface area contributed by atoms with Gasteiger partial charge in [0.05, 0.1) is 10.6 Å². The molecule has 3 rings (SSSR count). The molecule has 1 amide bonds. The number of halogens is 1. The highest BCUT2D eigenvalue weighted by Crippen LogP contribution is 2.20. The Bertz CT molecular complexity index is 867. The van der Waals surface area contributed by atoms with Crippen molar-refractivity contribution < 1.29 is 17.6 Å². The van der Waals surface area contributed by atoms with E-state index in [4.69, 9.17) is 0 Å². The molecule has 1 heterocycles. The maximum atomic E-state index is 13.3. The van der Waals surface area contributed by atoms with E-state index in [2.05, 4.69) is 0 Å². The number of nitrogens with zero attached hydrogens (tertiary/aromatic N) is 2. The van der Waals surface area contributed by atoms with Gasteiger partial charge in [-0.3, -0.25) is 4.79 Å². The number of hydrogen-bond acceptors (Lipinski definition) is 4. The largest absolute Gasteiger partial charge is 0.339 e. The molecule has 8 heteroatoms. The van der Waals surface area contributed by atoms with Gasteiger partial charge in [0, 0.05) is 31.1 Å². The Balaban J connectivity index is 1.56. The Kier molecular flexibility index (Phi) is 5.95. The summed E-state index contributed by atoms with van der Waals surface area (Å²) in [5, 5.41) is 0. The fourth-order valence-electron chi connectivity index (χ4n) is 2.71. The highest BCUT2D eigenvalue weighted by Gasteiger charge is 2.30. The number of rotatable bonds is 5. The smallest absolute Gasteiger partial charge is 0.243 e. The molecule has 0 aromatic heterocycles. The Morgan fingerprint density at radius 3 is 2.35 bits per heavy atom. The van der Waals surface area contributed by atoms with E-state index in [0.717, 1.165) is 11.0 Å². The number of sulfonamides is 1. The lowest BCUT2D eigenvalue weighted by Crippen LogP contribution is -2.50. The standard InChI is InChI=1S/C18H19FN2O3S2/c19-15-5-4-8-17(13-15)26(23,24)21-11-9-20(10-12-21)18(22)14-25-16-6-2-1-3-7-16/h1-8,13H,9-12,14H2. The average molecular weight is 394 g/mol. The first-order valence-corrected chi connectivity index (χ1v) is 10.6. The normalized spacial score (nSPS) is 15.8. The first-order chi connectivity index (χ1) is 12.5. The second kappa shape index (κ2) is 8.20. The van der Waals surface area contributed by atoms with Crippen LogP contribution in [0.1, 0.15) is 0 Å². The van der Waals surface area contributed by atoms with Crippen LogP contribution >= 0.6 is 11.8 Å². The predicted molar refractivity (Wildman–Crippen MR) is 98.9 cm³/mol. The monoisotopic (exact) mass is 394 g/mol. The van der Waals surface area contributed by atoms with Crippen LogP contribution in [-0.2, 0) is 14.8 Å². The van der Waals surface area contributed by atoms with Crippen LogP contribution in [0.15, 0.2) is 64.4 Å². The van der Waals surface area contributed by atoms with Crippen molar-refractivity contribution in [1.29, 1.82) is 0 Å². The van der Waals surface area contributed by atoms with Crippen LogP contribution in [-0.4, -0.2) is 55.5 Å². The summed E-state index contributed by atoms with van der Waals surface area (Å²) < 4.78 is 39.8. The van der Waals surface area contributed by atoms with E-state index in [9.17, 15) is 17.6 Å². The van der Waals surface area contributed by atoms with Gasteiger partial charge in [0.2, 0.25) is 15.9 Å². The number of piperazine rings is 1. The zero-order valence-electron chi connectivity index (χ0n) is 14.0. The number of carbonyl (C=O) groups excluding carboxylic acids is 1. The van der Waals surface area contributed by atoms with E-state index in [0.29, 0.717) is 18.8 Å². The Morgan fingerprint density at radius 1 is 1.00 bits per heavy atom. The van der Waals surface area contributed by atoms with E-state index < -0.39 is 15.8 Å². The molecule has 1 saturated heterocycles. The van der Waals surface area contributed by atoms with Crippen LogP contribution in [0.5, 0.6) is 0 Å². The van der Waals surface area contributed by atoms with Crippen LogP contribution in [0.3, 0.4) is 0 Å². The van der Waals surface area contributed by atoms with E-state index >= 15 is 0 Å². The van der Waals surface area contributed by atoms with Gasteiger partial charge in [-0.15, -0.1) is 11.8 Å². The third-order valence-corrected chi connectivity index (χ3v) is 7.02. The van der Waals surface area contributed by atoms with Crippen LogP contribution in [0.4, 0.5) is 4.39 Å². The molecular weight excluding hydrogens is 375 g/mol. The Hall–Kier alpha value is -1.90. The fourth-order valence-corrected chi connectivity index (χ4v) is 4.98. The zero-order valence-corrected chi connectivity index (χ0v) is 15.7. The third kappa shape index (κ3) is 4.44.